The first-order valence-corrected chi connectivity index (χ1v) is 22.0. The predicted molar refractivity (Wildman–Crippen MR) is 263 cm³/mol. The molecule has 13 rings (SSSR count). The third-order valence-corrected chi connectivity index (χ3v) is 13.5. The number of hydrogen-bond donors (Lipinski definition) is 0. The van der Waals surface area contributed by atoms with Gasteiger partial charge in [-0.05, 0) is 71.8 Å². The number of fused-ring (bicyclic) bond motifs is 9. The van der Waals surface area contributed by atoms with Crippen molar-refractivity contribution < 1.29 is 0 Å². The molecule has 13 aromatic rings. The Kier molecular flexibility index (Phi) is 8.01. The lowest BCUT2D eigenvalue weighted by atomic mass is 10.0. The van der Waals surface area contributed by atoms with E-state index in [0.29, 0.717) is 17.5 Å². The molecule has 4 heterocycles. The highest BCUT2D eigenvalue weighted by Gasteiger charge is 2.20. The summed E-state index contributed by atoms with van der Waals surface area (Å²) in [5.41, 5.74) is 12.0. The quantitative estimate of drug-likeness (QED) is 0.168. The lowest BCUT2D eigenvalue weighted by molar-refractivity contribution is 1.07. The lowest BCUT2D eigenvalue weighted by Gasteiger charge is -2.11. The average Bonchev–Trinajstić information content (AvgIpc) is 4.00. The number of hydrogen-bond acceptors (Lipinski definition) is 4. The molecule has 0 bridgehead atoms. The Hall–Kier alpha value is -8.19. The zero-order valence-electron chi connectivity index (χ0n) is 33.9. The number of thiophene rings is 1. The average molecular weight is 822 g/mol. The van der Waals surface area contributed by atoms with Gasteiger partial charge in [0.1, 0.15) is 0 Å². The monoisotopic (exact) mass is 821 g/mol. The molecule has 5 nitrogen and oxygen atoms in total. The van der Waals surface area contributed by atoms with E-state index in [1.807, 2.05) is 35.6 Å². The predicted octanol–water partition coefficient (Wildman–Crippen LogP) is 15.1. The molecule has 4 aromatic heterocycles. The number of nitrogens with zero attached hydrogens (tertiary/aromatic N) is 5. The van der Waals surface area contributed by atoms with Gasteiger partial charge in [-0.15, -0.1) is 11.3 Å². The molecular formula is C57H35N5S. The van der Waals surface area contributed by atoms with E-state index in [2.05, 4.69) is 197 Å². The van der Waals surface area contributed by atoms with Crippen LogP contribution in [0.4, 0.5) is 0 Å². The van der Waals surface area contributed by atoms with Crippen molar-refractivity contribution in [1.82, 2.24) is 24.1 Å². The summed E-state index contributed by atoms with van der Waals surface area (Å²) < 4.78 is 7.33. The van der Waals surface area contributed by atoms with Gasteiger partial charge in [0, 0.05) is 69.8 Å². The fourth-order valence-electron chi connectivity index (χ4n) is 9.43. The summed E-state index contributed by atoms with van der Waals surface area (Å²) >= 11 is 1.86. The van der Waals surface area contributed by atoms with Crippen molar-refractivity contribution in [2.45, 2.75) is 0 Å². The second-order valence-corrected chi connectivity index (χ2v) is 17.1. The van der Waals surface area contributed by atoms with Crippen LogP contribution >= 0.6 is 11.3 Å². The van der Waals surface area contributed by atoms with Gasteiger partial charge in [-0.2, -0.15) is 0 Å². The van der Waals surface area contributed by atoms with Crippen LogP contribution in [0.3, 0.4) is 0 Å². The first-order chi connectivity index (χ1) is 31.2. The molecule has 0 spiro atoms. The smallest absolute Gasteiger partial charge is 0.164 e. The Morgan fingerprint density at radius 2 is 0.778 bits per heavy atom. The minimum Gasteiger partial charge on any atom is -0.309 e. The SMILES string of the molecule is c1ccc(-c2cccc(-c3nc(-c4ccccc4)nc(-c4ccc5c6cc7sc8cc(-n9c%10ccccc%10c%10ccccc%109)ccc8c7cc6n(-c6ccccc6)c5c4)n3)c2)cc1. The summed E-state index contributed by atoms with van der Waals surface area (Å²) in [7, 11) is 0. The van der Waals surface area contributed by atoms with Crippen LogP contribution in [-0.2, 0) is 0 Å². The molecule has 0 radical (unpaired) electrons. The first-order valence-electron chi connectivity index (χ1n) is 21.2. The maximum absolute atomic E-state index is 5.20. The molecule has 0 saturated carbocycles. The normalized spacial score (nSPS) is 11.8. The standard InChI is InChI=1S/C57H35N5S/c1-4-15-36(16-5-1)38-19-14-20-39(31-38)56-58-55(37-17-6-2-7-18-37)59-57(60-56)40-27-29-45-47-35-54-48(34-52(47)61(51(45)32-40)41-21-8-3-9-22-41)46-30-28-42(33-53(46)63-54)62-49-25-12-10-23-43(49)44-24-11-13-26-50(44)62/h1-35H. The van der Waals surface area contributed by atoms with Gasteiger partial charge < -0.3 is 9.13 Å². The molecule has 0 atom stereocenters. The van der Waals surface area contributed by atoms with Crippen molar-refractivity contribution >= 4 is 75.1 Å². The highest BCUT2D eigenvalue weighted by molar-refractivity contribution is 7.26. The Bertz CT molecular complexity index is 3850. The van der Waals surface area contributed by atoms with E-state index >= 15 is 0 Å². The number of para-hydroxylation sites is 3. The largest absolute Gasteiger partial charge is 0.309 e. The third kappa shape index (κ3) is 5.80. The van der Waals surface area contributed by atoms with E-state index in [1.165, 1.54) is 58.4 Å². The maximum Gasteiger partial charge on any atom is 0.164 e. The number of benzene rings is 9. The van der Waals surface area contributed by atoms with Crippen LogP contribution in [0.15, 0.2) is 212 Å². The van der Waals surface area contributed by atoms with Crippen molar-refractivity contribution in [3.05, 3.63) is 212 Å². The molecule has 9 aromatic carbocycles. The van der Waals surface area contributed by atoms with Crippen molar-refractivity contribution in [3.8, 4) is 56.7 Å². The van der Waals surface area contributed by atoms with E-state index in [1.54, 1.807) is 0 Å². The second kappa shape index (κ2) is 14.2. The van der Waals surface area contributed by atoms with Crippen LogP contribution in [0, 0.1) is 0 Å². The highest BCUT2D eigenvalue weighted by Crippen LogP contribution is 2.43. The molecule has 0 aliphatic heterocycles. The molecule has 0 amide bonds. The summed E-state index contributed by atoms with van der Waals surface area (Å²) in [6.45, 7) is 0. The summed E-state index contributed by atoms with van der Waals surface area (Å²) in [5, 5.41) is 7.44. The van der Waals surface area contributed by atoms with Gasteiger partial charge in [0.05, 0.1) is 22.1 Å². The van der Waals surface area contributed by atoms with E-state index in [0.717, 1.165) is 44.5 Å². The van der Waals surface area contributed by atoms with Gasteiger partial charge >= 0.3 is 0 Å². The number of rotatable bonds is 6. The molecule has 0 unspecified atom stereocenters. The zero-order chi connectivity index (χ0) is 41.4. The Labute approximate surface area is 366 Å². The summed E-state index contributed by atoms with van der Waals surface area (Å²) in [5.74, 6) is 1.90. The molecule has 0 fully saturated rings. The van der Waals surface area contributed by atoms with E-state index in [4.69, 9.17) is 15.0 Å². The Morgan fingerprint density at radius 3 is 1.49 bits per heavy atom. The molecule has 0 aliphatic carbocycles. The van der Waals surface area contributed by atoms with Crippen LogP contribution in [0.1, 0.15) is 0 Å². The lowest BCUT2D eigenvalue weighted by Crippen LogP contribution is -2.00. The molecule has 63 heavy (non-hydrogen) atoms. The highest BCUT2D eigenvalue weighted by atomic mass is 32.1. The van der Waals surface area contributed by atoms with Crippen LogP contribution in [0.2, 0.25) is 0 Å². The zero-order valence-corrected chi connectivity index (χ0v) is 34.7. The van der Waals surface area contributed by atoms with Crippen molar-refractivity contribution in [2.24, 2.45) is 0 Å². The fraction of sp³-hybridized carbons (Fsp3) is 0. The van der Waals surface area contributed by atoms with Crippen LogP contribution < -0.4 is 0 Å². The van der Waals surface area contributed by atoms with Gasteiger partial charge in [-0.3, -0.25) is 0 Å². The van der Waals surface area contributed by atoms with E-state index in [9.17, 15) is 0 Å². The van der Waals surface area contributed by atoms with Gasteiger partial charge in [-0.25, -0.2) is 15.0 Å². The molecule has 294 valence electrons. The van der Waals surface area contributed by atoms with Gasteiger partial charge in [-0.1, -0.05) is 152 Å². The third-order valence-electron chi connectivity index (χ3n) is 12.3. The van der Waals surface area contributed by atoms with Crippen LogP contribution in [-0.4, -0.2) is 24.1 Å². The van der Waals surface area contributed by atoms with Crippen molar-refractivity contribution in [3.63, 3.8) is 0 Å². The van der Waals surface area contributed by atoms with Crippen molar-refractivity contribution in [1.29, 1.82) is 0 Å². The maximum atomic E-state index is 5.20. The van der Waals surface area contributed by atoms with E-state index in [-0.39, 0.29) is 0 Å². The molecular weight excluding hydrogens is 787 g/mol. The topological polar surface area (TPSA) is 48.5 Å². The fourth-order valence-corrected chi connectivity index (χ4v) is 10.6. The summed E-state index contributed by atoms with van der Waals surface area (Å²) in [6, 6.07) is 75.6. The molecule has 6 heteroatoms. The summed E-state index contributed by atoms with van der Waals surface area (Å²) in [4.78, 5) is 15.4. The summed E-state index contributed by atoms with van der Waals surface area (Å²) in [6.07, 6.45) is 0. The number of aromatic nitrogens is 5. The molecule has 0 N–H and O–H groups in total. The Balaban J connectivity index is 0.991. The van der Waals surface area contributed by atoms with Gasteiger partial charge in [0.2, 0.25) is 0 Å². The molecule has 0 saturated heterocycles. The minimum absolute atomic E-state index is 0.627. The van der Waals surface area contributed by atoms with Crippen LogP contribution in [0.25, 0.3) is 120 Å². The molecule has 0 aliphatic rings. The first kappa shape index (κ1) is 35.6. The van der Waals surface area contributed by atoms with Crippen molar-refractivity contribution in [2.75, 3.05) is 0 Å². The minimum atomic E-state index is 0.627. The second-order valence-electron chi connectivity index (χ2n) is 16.0. The Morgan fingerprint density at radius 1 is 0.270 bits per heavy atom. The van der Waals surface area contributed by atoms with Gasteiger partial charge in [0.15, 0.2) is 17.5 Å². The van der Waals surface area contributed by atoms with Crippen LogP contribution in [0.5, 0.6) is 0 Å². The van der Waals surface area contributed by atoms with Gasteiger partial charge in [0.25, 0.3) is 0 Å². The van der Waals surface area contributed by atoms with E-state index < -0.39 is 0 Å².